The van der Waals surface area contributed by atoms with Gasteiger partial charge >= 0.3 is 11.7 Å². The number of nitrogens with zero attached hydrogens (tertiary/aromatic N) is 2. The number of pyridine rings is 1. The third-order valence-electron chi connectivity index (χ3n) is 2.67. The summed E-state index contributed by atoms with van der Waals surface area (Å²) in [5.74, 6) is -0.861. The van der Waals surface area contributed by atoms with Crippen molar-refractivity contribution in [3.8, 4) is 5.75 Å². The van der Waals surface area contributed by atoms with Gasteiger partial charge in [0.1, 0.15) is 5.75 Å². The largest absolute Gasteiger partial charge is 0.495 e. The van der Waals surface area contributed by atoms with E-state index < -0.39 is 16.6 Å². The molecule has 0 saturated heterocycles. The van der Waals surface area contributed by atoms with Crippen LogP contribution in [0.15, 0.2) is 36.5 Å². The number of hydrogen-bond donors (Lipinski definition) is 2. The minimum Gasteiger partial charge on any atom is -0.495 e. The second-order valence-electron chi connectivity index (χ2n) is 3.98. The summed E-state index contributed by atoms with van der Waals surface area (Å²) in [6.07, 6.45) is 1.05. The zero-order valence-electron chi connectivity index (χ0n) is 10.9. The minimum atomic E-state index is -1.28. The lowest BCUT2D eigenvalue weighted by Crippen LogP contribution is -2.04. The third-order valence-corrected chi connectivity index (χ3v) is 2.67. The molecule has 0 bridgehead atoms. The van der Waals surface area contributed by atoms with Crippen LogP contribution in [0.3, 0.4) is 0 Å². The van der Waals surface area contributed by atoms with E-state index in [1.54, 1.807) is 24.3 Å². The summed E-state index contributed by atoms with van der Waals surface area (Å²) in [6, 6.07) is 7.77. The summed E-state index contributed by atoms with van der Waals surface area (Å²) in [5.41, 5.74) is -0.202. The van der Waals surface area contributed by atoms with Crippen LogP contribution < -0.4 is 10.1 Å². The molecule has 0 radical (unpaired) electrons. The number of nitrogens with one attached hydrogen (secondary N) is 1. The lowest BCUT2D eigenvalue weighted by atomic mass is 10.2. The minimum absolute atomic E-state index is 0.0606. The molecule has 1 aromatic heterocycles. The molecule has 0 atom stereocenters. The van der Waals surface area contributed by atoms with Crippen molar-refractivity contribution in [3.63, 3.8) is 0 Å². The van der Waals surface area contributed by atoms with Gasteiger partial charge in [-0.15, -0.1) is 0 Å². The molecule has 1 heterocycles. The van der Waals surface area contributed by atoms with Crippen LogP contribution >= 0.6 is 0 Å². The van der Waals surface area contributed by atoms with E-state index in [1.165, 1.54) is 7.11 Å². The Balaban J connectivity index is 2.44. The molecule has 21 heavy (non-hydrogen) atoms. The second kappa shape index (κ2) is 5.87. The number of ether oxygens (including phenoxy) is 1. The number of anilines is 2. The van der Waals surface area contributed by atoms with Gasteiger partial charge in [-0.2, -0.15) is 0 Å². The topological polar surface area (TPSA) is 115 Å². The van der Waals surface area contributed by atoms with E-state index in [4.69, 9.17) is 9.84 Å². The standard InChI is InChI=1S/C13H11N3O5/c1-21-11-5-3-2-4-9(11)15-12-10(16(19)20)6-8(7-14-12)13(17)18/h2-7H,1H3,(H,14,15)(H,17,18). The molecule has 0 aliphatic rings. The molecular weight excluding hydrogens is 278 g/mol. The smallest absolute Gasteiger partial charge is 0.337 e. The Morgan fingerprint density at radius 2 is 2.14 bits per heavy atom. The summed E-state index contributed by atoms with van der Waals surface area (Å²) in [7, 11) is 1.47. The van der Waals surface area contributed by atoms with Gasteiger partial charge in [0, 0.05) is 12.3 Å². The van der Waals surface area contributed by atoms with Crippen molar-refractivity contribution in [1.29, 1.82) is 0 Å². The predicted octanol–water partition coefficient (Wildman–Crippen LogP) is 2.44. The average Bonchev–Trinajstić information content (AvgIpc) is 2.47. The molecule has 0 unspecified atom stereocenters. The molecule has 0 saturated carbocycles. The first-order valence-electron chi connectivity index (χ1n) is 5.80. The lowest BCUT2D eigenvalue weighted by molar-refractivity contribution is -0.384. The third kappa shape index (κ3) is 3.06. The number of aromatic nitrogens is 1. The monoisotopic (exact) mass is 289 g/mol. The van der Waals surface area contributed by atoms with Crippen LogP contribution in [-0.4, -0.2) is 28.1 Å². The fraction of sp³-hybridized carbons (Fsp3) is 0.0769. The molecule has 0 aliphatic carbocycles. The van der Waals surface area contributed by atoms with Crippen molar-refractivity contribution in [2.75, 3.05) is 12.4 Å². The zero-order chi connectivity index (χ0) is 15.4. The van der Waals surface area contributed by atoms with Gasteiger partial charge in [-0.3, -0.25) is 10.1 Å². The summed E-state index contributed by atoms with van der Waals surface area (Å²) in [4.78, 5) is 25.0. The Morgan fingerprint density at radius 1 is 1.43 bits per heavy atom. The normalized spacial score (nSPS) is 9.95. The molecule has 2 N–H and O–H groups in total. The Labute approximate surface area is 119 Å². The average molecular weight is 289 g/mol. The van der Waals surface area contributed by atoms with Gasteiger partial charge in [0.15, 0.2) is 0 Å². The van der Waals surface area contributed by atoms with Gasteiger partial charge in [0.25, 0.3) is 0 Å². The number of benzene rings is 1. The van der Waals surface area contributed by atoms with Gasteiger partial charge in [-0.05, 0) is 12.1 Å². The fourth-order valence-electron chi connectivity index (χ4n) is 1.68. The van der Waals surface area contributed by atoms with E-state index in [2.05, 4.69) is 10.3 Å². The van der Waals surface area contributed by atoms with Crippen LogP contribution in [0.5, 0.6) is 5.75 Å². The number of carboxylic acid groups (broad SMARTS) is 1. The number of methoxy groups -OCH3 is 1. The Hall–Kier alpha value is -3.16. The van der Waals surface area contributed by atoms with E-state index in [1.807, 2.05) is 0 Å². The van der Waals surface area contributed by atoms with Crippen LogP contribution in [0, 0.1) is 10.1 Å². The highest BCUT2D eigenvalue weighted by Gasteiger charge is 2.19. The van der Waals surface area contributed by atoms with Crippen molar-refractivity contribution >= 4 is 23.2 Å². The van der Waals surface area contributed by atoms with Crippen LogP contribution in [0.1, 0.15) is 10.4 Å². The number of para-hydroxylation sites is 2. The summed E-state index contributed by atoms with van der Waals surface area (Å²) >= 11 is 0. The summed E-state index contributed by atoms with van der Waals surface area (Å²) in [5, 5.41) is 22.7. The Kier molecular flexibility index (Phi) is 3.98. The van der Waals surface area contributed by atoms with E-state index in [-0.39, 0.29) is 11.4 Å². The van der Waals surface area contributed by atoms with Gasteiger partial charge in [0.05, 0.1) is 23.3 Å². The maximum Gasteiger partial charge on any atom is 0.337 e. The van der Waals surface area contributed by atoms with Crippen LogP contribution in [0.2, 0.25) is 0 Å². The Bertz CT molecular complexity index is 702. The first-order valence-corrected chi connectivity index (χ1v) is 5.80. The highest BCUT2D eigenvalue weighted by Crippen LogP contribution is 2.31. The van der Waals surface area contributed by atoms with Gasteiger partial charge in [0.2, 0.25) is 5.82 Å². The van der Waals surface area contributed by atoms with E-state index in [9.17, 15) is 14.9 Å². The first-order chi connectivity index (χ1) is 10.0. The van der Waals surface area contributed by atoms with Crippen LogP contribution in [0.4, 0.5) is 17.2 Å². The molecule has 0 fully saturated rings. The molecule has 2 aromatic rings. The first kappa shape index (κ1) is 14.3. The molecule has 108 valence electrons. The summed E-state index contributed by atoms with van der Waals surface area (Å²) < 4.78 is 5.13. The van der Waals surface area contributed by atoms with E-state index in [0.717, 1.165) is 12.3 Å². The van der Waals surface area contributed by atoms with Crippen molar-refractivity contribution in [2.45, 2.75) is 0 Å². The molecule has 2 rings (SSSR count). The molecule has 0 amide bonds. The van der Waals surface area contributed by atoms with E-state index in [0.29, 0.717) is 11.4 Å². The SMILES string of the molecule is COc1ccccc1Nc1ncc(C(=O)O)cc1[N+](=O)[O-]. The van der Waals surface area contributed by atoms with Crippen molar-refractivity contribution < 1.29 is 19.6 Å². The van der Waals surface area contributed by atoms with Gasteiger partial charge < -0.3 is 15.2 Å². The van der Waals surface area contributed by atoms with E-state index >= 15 is 0 Å². The van der Waals surface area contributed by atoms with Gasteiger partial charge in [-0.1, -0.05) is 12.1 Å². The highest BCUT2D eigenvalue weighted by molar-refractivity contribution is 5.89. The van der Waals surface area contributed by atoms with Crippen LogP contribution in [0.25, 0.3) is 0 Å². The van der Waals surface area contributed by atoms with Gasteiger partial charge in [-0.25, -0.2) is 9.78 Å². The molecule has 0 spiro atoms. The molecule has 1 aromatic carbocycles. The quantitative estimate of drug-likeness (QED) is 0.641. The number of aromatic carboxylic acids is 1. The highest BCUT2D eigenvalue weighted by atomic mass is 16.6. The molecular formula is C13H11N3O5. The molecule has 0 aliphatic heterocycles. The number of nitro groups is 1. The number of rotatable bonds is 5. The lowest BCUT2D eigenvalue weighted by Gasteiger charge is -2.10. The maximum absolute atomic E-state index is 11.0. The maximum atomic E-state index is 11.0. The number of carboxylic acids is 1. The number of hydrogen-bond acceptors (Lipinski definition) is 6. The van der Waals surface area contributed by atoms with Crippen LogP contribution in [-0.2, 0) is 0 Å². The number of carbonyl (C=O) groups is 1. The predicted molar refractivity (Wildman–Crippen MR) is 74.1 cm³/mol. The van der Waals surface area contributed by atoms with Crippen molar-refractivity contribution in [1.82, 2.24) is 4.98 Å². The zero-order valence-corrected chi connectivity index (χ0v) is 10.9. The molecule has 8 heteroatoms. The molecule has 8 nitrogen and oxygen atoms in total. The Morgan fingerprint density at radius 3 is 2.76 bits per heavy atom. The second-order valence-corrected chi connectivity index (χ2v) is 3.98. The van der Waals surface area contributed by atoms with Crippen molar-refractivity contribution in [3.05, 3.63) is 52.2 Å². The summed E-state index contributed by atoms with van der Waals surface area (Å²) in [6.45, 7) is 0. The fourth-order valence-corrected chi connectivity index (χ4v) is 1.68. The van der Waals surface area contributed by atoms with Crippen molar-refractivity contribution in [2.24, 2.45) is 0 Å².